The molecule has 0 unspecified atom stereocenters. The molecule has 2 heterocycles. The molecule has 0 radical (unpaired) electrons. The van der Waals surface area contributed by atoms with Crippen molar-refractivity contribution in [2.75, 3.05) is 33.3 Å². The fourth-order valence-electron chi connectivity index (χ4n) is 2.79. The van der Waals surface area contributed by atoms with Crippen LogP contribution in [0, 0.1) is 6.92 Å². The lowest BCUT2D eigenvalue weighted by atomic mass is 10.1. The van der Waals surface area contributed by atoms with Crippen molar-refractivity contribution >= 4 is 11.9 Å². The van der Waals surface area contributed by atoms with Gasteiger partial charge in [-0.05, 0) is 18.2 Å². The van der Waals surface area contributed by atoms with Crippen molar-refractivity contribution in [3.05, 3.63) is 47.1 Å². The number of nitrogens with zero attached hydrogens (tertiary/aromatic N) is 4. The minimum absolute atomic E-state index is 0.0826. The number of methoxy groups -OCH3 is 1. The lowest BCUT2D eigenvalue weighted by Gasteiger charge is -2.34. The SMILES string of the molecule is COC(=O)c1cccc(C(=O)N2CCN(Cc3noc(C)n3)CC2)c1. The number of aryl methyl sites for hydroxylation is 1. The molecular weight excluding hydrogens is 324 g/mol. The molecule has 8 nitrogen and oxygen atoms in total. The summed E-state index contributed by atoms with van der Waals surface area (Å²) >= 11 is 0. The van der Waals surface area contributed by atoms with Crippen LogP contribution in [0.1, 0.15) is 32.4 Å². The molecule has 1 aromatic carbocycles. The molecule has 0 aliphatic carbocycles. The number of amides is 1. The number of esters is 1. The lowest BCUT2D eigenvalue weighted by Crippen LogP contribution is -2.48. The van der Waals surface area contributed by atoms with Crippen molar-refractivity contribution in [2.45, 2.75) is 13.5 Å². The number of hydrogen-bond acceptors (Lipinski definition) is 7. The molecule has 0 atom stereocenters. The second-order valence-corrected chi connectivity index (χ2v) is 5.87. The van der Waals surface area contributed by atoms with Crippen molar-refractivity contribution in [3.8, 4) is 0 Å². The van der Waals surface area contributed by atoms with E-state index in [4.69, 9.17) is 9.26 Å². The number of aromatic nitrogens is 2. The average Bonchev–Trinajstić information content (AvgIpc) is 3.06. The maximum Gasteiger partial charge on any atom is 0.337 e. The smallest absolute Gasteiger partial charge is 0.337 e. The molecule has 0 spiro atoms. The van der Waals surface area contributed by atoms with E-state index in [-0.39, 0.29) is 5.91 Å². The number of piperazine rings is 1. The Bertz CT molecular complexity index is 766. The summed E-state index contributed by atoms with van der Waals surface area (Å²) in [6, 6.07) is 6.60. The van der Waals surface area contributed by atoms with Crippen LogP contribution in [0.25, 0.3) is 0 Å². The highest BCUT2D eigenvalue weighted by molar-refractivity contribution is 5.98. The van der Waals surface area contributed by atoms with Crippen molar-refractivity contribution in [2.24, 2.45) is 0 Å². The van der Waals surface area contributed by atoms with Gasteiger partial charge in [0, 0.05) is 38.7 Å². The molecule has 3 rings (SSSR count). The number of benzene rings is 1. The first-order valence-corrected chi connectivity index (χ1v) is 8.06. The van der Waals surface area contributed by atoms with Gasteiger partial charge in [0.1, 0.15) is 0 Å². The zero-order valence-corrected chi connectivity index (χ0v) is 14.3. The highest BCUT2D eigenvalue weighted by Gasteiger charge is 2.23. The van der Waals surface area contributed by atoms with Gasteiger partial charge in [-0.25, -0.2) is 4.79 Å². The molecule has 1 fully saturated rings. The molecule has 8 heteroatoms. The minimum Gasteiger partial charge on any atom is -0.465 e. The van der Waals surface area contributed by atoms with E-state index in [9.17, 15) is 9.59 Å². The Morgan fingerprint density at radius 2 is 1.92 bits per heavy atom. The lowest BCUT2D eigenvalue weighted by molar-refractivity contribution is 0.0600. The monoisotopic (exact) mass is 344 g/mol. The molecule has 1 aliphatic heterocycles. The summed E-state index contributed by atoms with van der Waals surface area (Å²) in [5.74, 6) is 0.674. The number of carbonyl (C=O) groups is 2. The first kappa shape index (κ1) is 17.1. The fraction of sp³-hybridized carbons (Fsp3) is 0.412. The predicted molar refractivity (Wildman–Crippen MR) is 88.0 cm³/mol. The standard InChI is InChI=1S/C17H20N4O4/c1-12-18-15(19-25-12)11-20-6-8-21(9-7-20)16(22)13-4-3-5-14(10-13)17(23)24-2/h3-5,10H,6-9,11H2,1-2H3. The van der Waals surface area contributed by atoms with Gasteiger partial charge in [0.05, 0.1) is 19.2 Å². The summed E-state index contributed by atoms with van der Waals surface area (Å²) in [5.41, 5.74) is 0.865. The van der Waals surface area contributed by atoms with E-state index in [1.54, 1.807) is 36.1 Å². The largest absolute Gasteiger partial charge is 0.465 e. The van der Waals surface area contributed by atoms with Gasteiger partial charge in [-0.15, -0.1) is 0 Å². The van der Waals surface area contributed by atoms with Gasteiger partial charge in [0.25, 0.3) is 5.91 Å². The Morgan fingerprint density at radius 3 is 2.56 bits per heavy atom. The summed E-state index contributed by atoms with van der Waals surface area (Å²) in [5, 5.41) is 3.89. The summed E-state index contributed by atoms with van der Waals surface area (Å²) in [4.78, 5) is 32.4. The number of rotatable bonds is 4. The van der Waals surface area contributed by atoms with Crippen LogP contribution >= 0.6 is 0 Å². The van der Waals surface area contributed by atoms with Gasteiger partial charge in [-0.1, -0.05) is 11.2 Å². The van der Waals surface area contributed by atoms with E-state index in [2.05, 4.69) is 15.0 Å². The van der Waals surface area contributed by atoms with Gasteiger partial charge >= 0.3 is 5.97 Å². The van der Waals surface area contributed by atoms with Crippen LogP contribution in [0.2, 0.25) is 0 Å². The first-order valence-electron chi connectivity index (χ1n) is 8.06. The average molecular weight is 344 g/mol. The van der Waals surface area contributed by atoms with Crippen molar-refractivity contribution in [1.82, 2.24) is 19.9 Å². The van der Waals surface area contributed by atoms with E-state index in [1.165, 1.54) is 7.11 Å². The Morgan fingerprint density at radius 1 is 1.20 bits per heavy atom. The topological polar surface area (TPSA) is 88.8 Å². The summed E-state index contributed by atoms with van der Waals surface area (Å²) in [6.45, 7) is 5.05. The van der Waals surface area contributed by atoms with E-state index in [1.807, 2.05) is 0 Å². The molecule has 25 heavy (non-hydrogen) atoms. The second kappa shape index (κ2) is 7.43. The molecule has 0 N–H and O–H groups in total. The molecule has 0 bridgehead atoms. The third-order valence-corrected chi connectivity index (χ3v) is 4.12. The molecule has 0 saturated carbocycles. The third kappa shape index (κ3) is 4.03. The maximum atomic E-state index is 12.6. The zero-order valence-electron chi connectivity index (χ0n) is 14.3. The maximum absolute atomic E-state index is 12.6. The van der Waals surface area contributed by atoms with Crippen LogP contribution < -0.4 is 0 Å². The minimum atomic E-state index is -0.449. The van der Waals surface area contributed by atoms with Gasteiger partial charge < -0.3 is 14.2 Å². The van der Waals surface area contributed by atoms with Crippen molar-refractivity contribution < 1.29 is 18.8 Å². The molecule has 1 aliphatic rings. The molecule has 132 valence electrons. The van der Waals surface area contributed by atoms with Gasteiger partial charge in [-0.2, -0.15) is 4.98 Å². The highest BCUT2D eigenvalue weighted by atomic mass is 16.5. The number of hydrogen-bond donors (Lipinski definition) is 0. The number of carbonyl (C=O) groups excluding carboxylic acids is 2. The van der Waals surface area contributed by atoms with Gasteiger partial charge in [-0.3, -0.25) is 9.69 Å². The Balaban J connectivity index is 1.59. The molecule has 1 saturated heterocycles. The molecule has 1 aromatic heterocycles. The van der Waals surface area contributed by atoms with Crippen LogP contribution in [0.5, 0.6) is 0 Å². The van der Waals surface area contributed by atoms with Crippen LogP contribution in [0.15, 0.2) is 28.8 Å². The van der Waals surface area contributed by atoms with E-state index in [0.717, 1.165) is 13.1 Å². The first-order chi connectivity index (χ1) is 12.1. The van der Waals surface area contributed by atoms with Crippen LogP contribution in [0.3, 0.4) is 0 Å². The van der Waals surface area contributed by atoms with Crippen molar-refractivity contribution in [1.29, 1.82) is 0 Å². The molecular formula is C17H20N4O4. The van der Waals surface area contributed by atoms with Crippen molar-refractivity contribution in [3.63, 3.8) is 0 Å². The Kier molecular flexibility index (Phi) is 5.08. The third-order valence-electron chi connectivity index (χ3n) is 4.12. The van der Waals surface area contributed by atoms with E-state index in [0.29, 0.717) is 42.5 Å². The van der Waals surface area contributed by atoms with Crippen LogP contribution in [-0.4, -0.2) is 65.1 Å². The normalized spacial score (nSPS) is 15.2. The molecule has 2 aromatic rings. The second-order valence-electron chi connectivity index (χ2n) is 5.87. The van der Waals surface area contributed by atoms with E-state index >= 15 is 0 Å². The number of ether oxygens (including phenoxy) is 1. The highest BCUT2D eigenvalue weighted by Crippen LogP contribution is 2.13. The Labute approximate surface area is 145 Å². The van der Waals surface area contributed by atoms with E-state index < -0.39 is 5.97 Å². The van der Waals surface area contributed by atoms with Crippen LogP contribution in [0.4, 0.5) is 0 Å². The predicted octanol–water partition coefficient (Wildman–Crippen LogP) is 1.12. The van der Waals surface area contributed by atoms with Gasteiger partial charge in [0.2, 0.25) is 5.89 Å². The fourth-order valence-corrected chi connectivity index (χ4v) is 2.79. The quantitative estimate of drug-likeness (QED) is 0.768. The summed E-state index contributed by atoms with van der Waals surface area (Å²) in [7, 11) is 1.32. The Hall–Kier alpha value is -2.74. The van der Waals surface area contributed by atoms with Gasteiger partial charge in [0.15, 0.2) is 5.82 Å². The summed E-state index contributed by atoms with van der Waals surface area (Å²) in [6.07, 6.45) is 0. The zero-order chi connectivity index (χ0) is 17.8. The summed E-state index contributed by atoms with van der Waals surface area (Å²) < 4.78 is 9.67. The van der Waals surface area contributed by atoms with Crippen LogP contribution in [-0.2, 0) is 11.3 Å². The molecule has 1 amide bonds.